The number of hydrogen-bond acceptors (Lipinski definition) is 4. The predicted octanol–water partition coefficient (Wildman–Crippen LogP) is 2.06. The van der Waals surface area contributed by atoms with Gasteiger partial charge in [-0.1, -0.05) is 0 Å². The zero-order valence-corrected chi connectivity index (χ0v) is 9.13. The van der Waals surface area contributed by atoms with E-state index >= 15 is 0 Å². The van der Waals surface area contributed by atoms with Gasteiger partial charge in [-0.05, 0) is 26.0 Å². The number of amides is 1. The number of ether oxygens (including phenoxy) is 1. The highest BCUT2D eigenvalue weighted by molar-refractivity contribution is 5.98. The maximum absolute atomic E-state index is 11.4. The Kier molecular flexibility index (Phi) is 2.11. The number of cyclic esters (lactones) is 1. The first-order chi connectivity index (χ1) is 7.44. The summed E-state index contributed by atoms with van der Waals surface area (Å²) in [6, 6.07) is 3.40. The van der Waals surface area contributed by atoms with Crippen LogP contribution in [-0.2, 0) is 10.3 Å². The number of nitrogens with two attached hydrogens (primary N) is 1. The molecule has 5 heteroatoms. The van der Waals surface area contributed by atoms with Crippen molar-refractivity contribution in [2.45, 2.75) is 19.4 Å². The molecule has 84 valence electrons. The van der Waals surface area contributed by atoms with Crippen LogP contribution in [0.5, 0.6) is 0 Å². The number of carbonyl (C=O) groups excluding carboxylic acids is 1. The van der Waals surface area contributed by atoms with Gasteiger partial charge in [-0.15, -0.1) is 0 Å². The molecular weight excluding hydrogens is 206 g/mol. The van der Waals surface area contributed by atoms with Gasteiger partial charge in [-0.3, -0.25) is 5.32 Å². The van der Waals surface area contributed by atoms with Crippen molar-refractivity contribution < 1.29 is 9.53 Å². The van der Waals surface area contributed by atoms with Crippen molar-refractivity contribution >= 4 is 23.7 Å². The Balaban J connectivity index is 2.71. The van der Waals surface area contributed by atoms with Crippen LogP contribution in [0.25, 0.3) is 0 Å². The minimum absolute atomic E-state index is 0.509. The molecule has 5 nitrogen and oxygen atoms in total. The normalized spacial score (nSPS) is 17.0. The van der Waals surface area contributed by atoms with Crippen LogP contribution in [0.2, 0.25) is 0 Å². The third-order valence-corrected chi connectivity index (χ3v) is 2.57. The molecule has 0 unspecified atom stereocenters. The molecule has 0 aromatic heterocycles. The number of benzene rings is 1. The van der Waals surface area contributed by atoms with Crippen LogP contribution in [0.15, 0.2) is 12.1 Å². The molecule has 1 amide bonds. The molecule has 1 aromatic rings. The first kappa shape index (κ1) is 10.5. The first-order valence-corrected chi connectivity index (χ1v) is 4.88. The zero-order valence-electron chi connectivity index (χ0n) is 9.13. The second-order valence-corrected chi connectivity index (χ2v) is 4.20. The summed E-state index contributed by atoms with van der Waals surface area (Å²) in [5.41, 5.74) is 7.53. The van der Waals surface area contributed by atoms with Crippen molar-refractivity contribution in [1.82, 2.24) is 0 Å². The molecule has 0 spiro atoms. The maximum Gasteiger partial charge on any atom is 0.412 e. The number of nitrogens with one attached hydrogen (secondary N) is 2. The number of hydrogen-bond donors (Lipinski definition) is 3. The number of nitrogen functional groups attached to an aromatic ring is 1. The van der Waals surface area contributed by atoms with E-state index in [0.29, 0.717) is 16.9 Å². The summed E-state index contributed by atoms with van der Waals surface area (Å²) in [5.74, 6) is 0. The summed E-state index contributed by atoms with van der Waals surface area (Å²) < 4.78 is 5.17. The molecule has 0 saturated carbocycles. The fourth-order valence-corrected chi connectivity index (χ4v) is 1.83. The second-order valence-electron chi connectivity index (χ2n) is 4.20. The Labute approximate surface area is 93.1 Å². The number of rotatable bonds is 1. The van der Waals surface area contributed by atoms with Gasteiger partial charge in [0.05, 0.1) is 5.69 Å². The Morgan fingerprint density at radius 1 is 1.50 bits per heavy atom. The fraction of sp³-hybridized carbons (Fsp3) is 0.273. The SMILES string of the molecule is CC1(C)OC(=O)Nc2c(C=N)cc(N)cc21. The van der Waals surface area contributed by atoms with Crippen molar-refractivity contribution in [3.8, 4) is 0 Å². The van der Waals surface area contributed by atoms with Crippen LogP contribution in [0, 0.1) is 5.41 Å². The van der Waals surface area contributed by atoms with Gasteiger partial charge in [0, 0.05) is 23.0 Å². The van der Waals surface area contributed by atoms with Crippen LogP contribution >= 0.6 is 0 Å². The Bertz CT molecular complexity index is 480. The van der Waals surface area contributed by atoms with E-state index in [-0.39, 0.29) is 0 Å². The van der Waals surface area contributed by atoms with E-state index in [2.05, 4.69) is 5.32 Å². The van der Waals surface area contributed by atoms with Gasteiger partial charge < -0.3 is 15.9 Å². The van der Waals surface area contributed by atoms with E-state index in [1.54, 1.807) is 26.0 Å². The lowest BCUT2D eigenvalue weighted by molar-refractivity contribution is 0.0421. The Hall–Kier alpha value is -2.04. The van der Waals surface area contributed by atoms with Crippen molar-refractivity contribution in [2.24, 2.45) is 0 Å². The van der Waals surface area contributed by atoms with Crippen LogP contribution in [0.4, 0.5) is 16.2 Å². The van der Waals surface area contributed by atoms with Gasteiger partial charge in [0.25, 0.3) is 0 Å². The number of fused-ring (bicyclic) bond motifs is 1. The molecule has 1 aliphatic rings. The highest BCUT2D eigenvalue weighted by Gasteiger charge is 2.34. The summed E-state index contributed by atoms with van der Waals surface area (Å²) in [4.78, 5) is 11.4. The molecular formula is C11H13N3O2. The summed E-state index contributed by atoms with van der Waals surface area (Å²) in [5, 5.41) is 9.90. The summed E-state index contributed by atoms with van der Waals surface area (Å²) in [6.07, 6.45) is 0.655. The van der Waals surface area contributed by atoms with Gasteiger partial charge in [0.2, 0.25) is 0 Å². The van der Waals surface area contributed by atoms with E-state index in [0.717, 1.165) is 11.8 Å². The van der Waals surface area contributed by atoms with Crippen LogP contribution in [0.1, 0.15) is 25.0 Å². The summed E-state index contributed by atoms with van der Waals surface area (Å²) >= 11 is 0. The average Bonchev–Trinajstić information content (AvgIpc) is 2.17. The lowest BCUT2D eigenvalue weighted by Gasteiger charge is -2.33. The minimum Gasteiger partial charge on any atom is -0.438 e. The molecule has 0 bridgehead atoms. The number of anilines is 2. The van der Waals surface area contributed by atoms with Gasteiger partial charge in [0.1, 0.15) is 5.60 Å². The van der Waals surface area contributed by atoms with Crippen molar-refractivity contribution in [3.63, 3.8) is 0 Å². The molecule has 0 radical (unpaired) electrons. The van der Waals surface area contributed by atoms with E-state index in [9.17, 15) is 4.79 Å². The molecule has 0 atom stereocenters. The minimum atomic E-state index is -0.731. The molecule has 1 aliphatic heterocycles. The van der Waals surface area contributed by atoms with Crippen LogP contribution in [0.3, 0.4) is 0 Å². The molecule has 4 N–H and O–H groups in total. The Morgan fingerprint density at radius 3 is 2.81 bits per heavy atom. The summed E-state index contributed by atoms with van der Waals surface area (Å²) in [6.45, 7) is 3.58. The maximum atomic E-state index is 11.4. The molecule has 2 rings (SSSR count). The molecule has 0 saturated heterocycles. The third-order valence-electron chi connectivity index (χ3n) is 2.57. The Morgan fingerprint density at radius 2 is 2.19 bits per heavy atom. The molecule has 1 aromatic carbocycles. The predicted molar refractivity (Wildman–Crippen MR) is 61.9 cm³/mol. The largest absolute Gasteiger partial charge is 0.438 e. The quantitative estimate of drug-likeness (QED) is 0.499. The van der Waals surface area contributed by atoms with Gasteiger partial charge in [-0.25, -0.2) is 4.79 Å². The number of carbonyl (C=O) groups is 1. The fourth-order valence-electron chi connectivity index (χ4n) is 1.83. The van der Waals surface area contributed by atoms with Crippen LogP contribution < -0.4 is 11.1 Å². The van der Waals surface area contributed by atoms with E-state index in [4.69, 9.17) is 15.9 Å². The topological polar surface area (TPSA) is 88.2 Å². The molecule has 16 heavy (non-hydrogen) atoms. The lowest BCUT2D eigenvalue weighted by atomic mass is 9.92. The zero-order chi connectivity index (χ0) is 11.9. The first-order valence-electron chi connectivity index (χ1n) is 4.88. The highest BCUT2D eigenvalue weighted by Crippen LogP contribution is 2.38. The third kappa shape index (κ3) is 1.50. The van der Waals surface area contributed by atoms with E-state index < -0.39 is 11.7 Å². The second kappa shape index (κ2) is 3.23. The van der Waals surface area contributed by atoms with E-state index in [1.807, 2.05) is 0 Å². The van der Waals surface area contributed by atoms with Crippen LogP contribution in [-0.4, -0.2) is 12.3 Å². The standard InChI is InChI=1S/C11H13N3O2/c1-11(2)8-4-7(13)3-6(5-12)9(8)14-10(15)16-11/h3-5,12H,13H2,1-2H3,(H,14,15). The molecule has 1 heterocycles. The lowest BCUT2D eigenvalue weighted by Crippen LogP contribution is -2.35. The van der Waals surface area contributed by atoms with E-state index in [1.165, 1.54) is 0 Å². The van der Waals surface area contributed by atoms with Gasteiger partial charge in [-0.2, -0.15) is 0 Å². The summed E-state index contributed by atoms with van der Waals surface area (Å²) in [7, 11) is 0. The molecule has 0 aliphatic carbocycles. The molecule has 0 fully saturated rings. The van der Waals surface area contributed by atoms with Crippen molar-refractivity contribution in [3.05, 3.63) is 23.3 Å². The smallest absolute Gasteiger partial charge is 0.412 e. The monoisotopic (exact) mass is 219 g/mol. The van der Waals surface area contributed by atoms with Gasteiger partial charge in [0.15, 0.2) is 0 Å². The average molecular weight is 219 g/mol. The highest BCUT2D eigenvalue weighted by atomic mass is 16.6. The van der Waals surface area contributed by atoms with Gasteiger partial charge >= 0.3 is 6.09 Å². The van der Waals surface area contributed by atoms with Crippen molar-refractivity contribution in [1.29, 1.82) is 5.41 Å². The van der Waals surface area contributed by atoms with Crippen molar-refractivity contribution in [2.75, 3.05) is 11.1 Å².